The number of carbonyl (C=O) groups is 1. The lowest BCUT2D eigenvalue weighted by atomic mass is 10.2. The highest BCUT2D eigenvalue weighted by Gasteiger charge is 2.35. The van der Waals surface area contributed by atoms with Gasteiger partial charge in [-0.3, -0.25) is 0 Å². The zero-order chi connectivity index (χ0) is 18.1. The molecule has 10 heteroatoms. The molecule has 1 aromatic rings. The molecule has 2 rings (SSSR count). The number of pyridine rings is 1. The molecule has 0 spiro atoms. The maximum Gasteiger partial charge on any atom is 0.407 e. The third kappa shape index (κ3) is 4.58. The van der Waals surface area contributed by atoms with Gasteiger partial charge in [-0.15, -0.1) is 0 Å². The minimum Gasteiger partial charge on any atom is -0.444 e. The second-order valence-corrected chi connectivity index (χ2v) is 9.35. The Balaban J connectivity index is 2.07. The number of alkyl carbamates (subject to hydrolysis) is 1. The molecule has 1 saturated heterocycles. The predicted octanol–water partition coefficient (Wildman–Crippen LogP) is 1.71. The van der Waals surface area contributed by atoms with E-state index in [1.807, 2.05) is 0 Å². The molecule has 1 aromatic heterocycles. The molecule has 0 aliphatic carbocycles. The second-order valence-electron chi connectivity index (χ2n) is 6.53. The van der Waals surface area contributed by atoms with Crippen LogP contribution in [0.1, 0.15) is 27.2 Å². The van der Waals surface area contributed by atoms with Crippen LogP contribution in [0.25, 0.3) is 0 Å². The highest BCUT2D eigenvalue weighted by atomic mass is 79.9. The molecule has 1 amide bonds. The monoisotopic (exact) mass is 420 g/mol. The molecule has 1 atom stereocenters. The first-order valence-corrected chi connectivity index (χ1v) is 9.63. The number of carbonyl (C=O) groups excluding carboxylic acids is 1. The summed E-state index contributed by atoms with van der Waals surface area (Å²) in [5.74, 6) is -0.0539. The number of nitrogens with one attached hydrogen (secondary N) is 1. The van der Waals surface area contributed by atoms with Crippen LogP contribution in [0.2, 0.25) is 0 Å². The molecule has 3 N–H and O–H groups in total. The number of nitrogens with zero attached hydrogens (tertiary/aromatic N) is 2. The molecule has 0 aromatic carbocycles. The summed E-state index contributed by atoms with van der Waals surface area (Å²) in [6.45, 7) is 5.74. The van der Waals surface area contributed by atoms with Gasteiger partial charge in [-0.2, -0.15) is 4.31 Å². The summed E-state index contributed by atoms with van der Waals surface area (Å²) in [6, 6.07) is 1.11. The zero-order valence-corrected chi connectivity index (χ0v) is 16.1. The van der Waals surface area contributed by atoms with Crippen LogP contribution in [0.15, 0.2) is 21.6 Å². The van der Waals surface area contributed by atoms with Gasteiger partial charge >= 0.3 is 6.09 Å². The fourth-order valence-corrected chi connectivity index (χ4v) is 4.39. The van der Waals surface area contributed by atoms with Crippen LogP contribution in [0.5, 0.6) is 0 Å². The van der Waals surface area contributed by atoms with Crippen molar-refractivity contribution in [3.05, 3.63) is 16.7 Å². The lowest BCUT2D eigenvalue weighted by molar-refractivity contribution is 0.0507. The van der Waals surface area contributed by atoms with Gasteiger partial charge < -0.3 is 15.8 Å². The van der Waals surface area contributed by atoms with E-state index in [1.54, 1.807) is 20.8 Å². The van der Waals surface area contributed by atoms with Crippen LogP contribution in [-0.2, 0) is 14.8 Å². The Hall–Kier alpha value is -1.39. The largest absolute Gasteiger partial charge is 0.444 e. The molecule has 0 bridgehead atoms. The first-order valence-electron chi connectivity index (χ1n) is 7.40. The normalized spacial score (nSPS) is 19.2. The number of ether oxygens (including phenoxy) is 1. The first kappa shape index (κ1) is 18.9. The number of nitrogen functional groups attached to an aromatic ring is 1. The number of rotatable bonds is 3. The molecular weight excluding hydrogens is 400 g/mol. The summed E-state index contributed by atoms with van der Waals surface area (Å²) >= 11 is 3.20. The number of sulfonamides is 1. The van der Waals surface area contributed by atoms with Gasteiger partial charge in [0.05, 0.1) is 0 Å². The number of anilines is 1. The lowest BCUT2D eigenvalue weighted by Gasteiger charge is -2.22. The SMILES string of the molecule is CC(C)(C)OC(=O)N[C@@H]1CCN(S(=O)(=O)c2cc(Br)cnc2N)C1. The quantitative estimate of drug-likeness (QED) is 0.768. The van der Waals surface area contributed by atoms with E-state index in [0.29, 0.717) is 10.9 Å². The molecule has 2 heterocycles. The Morgan fingerprint density at radius 2 is 2.17 bits per heavy atom. The summed E-state index contributed by atoms with van der Waals surface area (Å²) in [7, 11) is -3.77. The summed E-state index contributed by atoms with van der Waals surface area (Å²) in [5.41, 5.74) is 5.09. The van der Waals surface area contributed by atoms with Crippen molar-refractivity contribution in [2.24, 2.45) is 0 Å². The maximum absolute atomic E-state index is 12.7. The van der Waals surface area contributed by atoms with E-state index in [-0.39, 0.29) is 29.8 Å². The van der Waals surface area contributed by atoms with Gasteiger partial charge in [-0.25, -0.2) is 18.2 Å². The van der Waals surface area contributed by atoms with Crippen LogP contribution >= 0.6 is 15.9 Å². The standard InChI is InChI=1S/C14H21BrN4O4S/c1-14(2,3)23-13(20)18-10-4-5-19(8-10)24(21,22)11-6-9(15)7-17-12(11)16/h6-7,10H,4-5,8H2,1-3H3,(H2,16,17)(H,18,20)/t10-/m1/s1. The minimum absolute atomic E-state index is 0.0465. The highest BCUT2D eigenvalue weighted by Crippen LogP contribution is 2.26. The number of amides is 1. The fourth-order valence-electron chi connectivity index (χ4n) is 2.32. The van der Waals surface area contributed by atoms with Crippen molar-refractivity contribution >= 4 is 37.9 Å². The van der Waals surface area contributed by atoms with Crippen molar-refractivity contribution < 1.29 is 17.9 Å². The van der Waals surface area contributed by atoms with Crippen molar-refractivity contribution in [3.63, 3.8) is 0 Å². The molecule has 134 valence electrons. The highest BCUT2D eigenvalue weighted by molar-refractivity contribution is 9.10. The van der Waals surface area contributed by atoms with E-state index in [9.17, 15) is 13.2 Å². The molecule has 24 heavy (non-hydrogen) atoms. The third-order valence-electron chi connectivity index (χ3n) is 3.34. The molecule has 1 aliphatic heterocycles. The van der Waals surface area contributed by atoms with E-state index in [1.165, 1.54) is 16.6 Å². The average Bonchev–Trinajstić information content (AvgIpc) is 2.88. The van der Waals surface area contributed by atoms with Gasteiger partial charge in [0.25, 0.3) is 0 Å². The molecule has 0 saturated carbocycles. The summed E-state index contributed by atoms with van der Waals surface area (Å²) in [4.78, 5) is 15.6. The minimum atomic E-state index is -3.77. The summed E-state index contributed by atoms with van der Waals surface area (Å²) in [5, 5.41) is 2.69. The van der Waals surface area contributed by atoms with Crippen molar-refractivity contribution in [1.29, 1.82) is 0 Å². The van der Waals surface area contributed by atoms with E-state index in [0.717, 1.165) is 0 Å². The number of nitrogens with two attached hydrogens (primary N) is 1. The Morgan fingerprint density at radius 3 is 2.79 bits per heavy atom. The van der Waals surface area contributed by atoms with Crippen LogP contribution in [0.4, 0.5) is 10.6 Å². The molecule has 1 fully saturated rings. The Bertz CT molecular complexity index is 733. The van der Waals surface area contributed by atoms with E-state index in [4.69, 9.17) is 10.5 Å². The van der Waals surface area contributed by atoms with E-state index in [2.05, 4.69) is 26.2 Å². The topological polar surface area (TPSA) is 115 Å². The van der Waals surface area contributed by atoms with Gasteiger partial charge in [-0.05, 0) is 49.2 Å². The molecule has 8 nitrogen and oxygen atoms in total. The lowest BCUT2D eigenvalue weighted by Crippen LogP contribution is -2.41. The van der Waals surface area contributed by atoms with Crippen LogP contribution in [-0.4, -0.2) is 48.5 Å². The maximum atomic E-state index is 12.7. The summed E-state index contributed by atoms with van der Waals surface area (Å²) in [6.07, 6.45) is 1.38. The van der Waals surface area contributed by atoms with Crippen LogP contribution < -0.4 is 11.1 Å². The van der Waals surface area contributed by atoms with Crippen molar-refractivity contribution in [2.75, 3.05) is 18.8 Å². The molecular formula is C14H21BrN4O4S. The molecule has 0 radical (unpaired) electrons. The Kier molecular flexibility index (Phi) is 5.41. The van der Waals surface area contributed by atoms with Gasteiger partial charge in [0.2, 0.25) is 10.0 Å². The number of hydrogen-bond acceptors (Lipinski definition) is 6. The third-order valence-corrected chi connectivity index (χ3v) is 5.67. The zero-order valence-electron chi connectivity index (χ0n) is 13.7. The second kappa shape index (κ2) is 6.85. The van der Waals surface area contributed by atoms with E-state index >= 15 is 0 Å². The number of halogens is 1. The molecule has 1 aliphatic rings. The smallest absolute Gasteiger partial charge is 0.407 e. The van der Waals surface area contributed by atoms with Gasteiger partial charge in [0, 0.05) is 29.8 Å². The number of hydrogen-bond donors (Lipinski definition) is 2. The summed E-state index contributed by atoms with van der Waals surface area (Å²) < 4.78 is 32.4. The van der Waals surface area contributed by atoms with Gasteiger partial charge in [0.1, 0.15) is 16.3 Å². The van der Waals surface area contributed by atoms with Crippen molar-refractivity contribution in [3.8, 4) is 0 Å². The molecule has 0 unspecified atom stereocenters. The van der Waals surface area contributed by atoms with E-state index < -0.39 is 21.7 Å². The van der Waals surface area contributed by atoms with Gasteiger partial charge in [0.15, 0.2) is 0 Å². The van der Waals surface area contributed by atoms with Gasteiger partial charge in [-0.1, -0.05) is 0 Å². The van der Waals surface area contributed by atoms with Crippen LogP contribution in [0.3, 0.4) is 0 Å². The first-order chi connectivity index (χ1) is 11.0. The fraction of sp³-hybridized carbons (Fsp3) is 0.571. The van der Waals surface area contributed by atoms with Crippen LogP contribution in [0, 0.1) is 0 Å². The number of aromatic nitrogens is 1. The predicted molar refractivity (Wildman–Crippen MR) is 92.9 cm³/mol. The van der Waals surface area contributed by atoms with Crippen molar-refractivity contribution in [2.45, 2.75) is 43.7 Å². The van der Waals surface area contributed by atoms with Crippen molar-refractivity contribution in [1.82, 2.24) is 14.6 Å². The Labute approximate surface area is 149 Å². The Morgan fingerprint density at radius 1 is 1.50 bits per heavy atom. The average molecular weight is 421 g/mol.